The van der Waals surface area contributed by atoms with Gasteiger partial charge in [-0.25, -0.2) is 4.39 Å². The average Bonchev–Trinajstić information content (AvgIpc) is 3.18. The summed E-state index contributed by atoms with van der Waals surface area (Å²) < 4.78 is 22.1. The maximum absolute atomic E-state index is 13.6. The molecule has 35 heavy (non-hydrogen) atoms. The van der Waals surface area contributed by atoms with Gasteiger partial charge in [0.05, 0.1) is 0 Å². The lowest BCUT2D eigenvalue weighted by molar-refractivity contribution is -0.479. The van der Waals surface area contributed by atoms with Crippen LogP contribution in [-0.2, 0) is 6.61 Å². The Balaban J connectivity index is 1.68. The zero-order valence-electron chi connectivity index (χ0n) is 18.4. The quantitative estimate of drug-likeness (QED) is 0.123. The van der Waals surface area contributed by atoms with E-state index in [9.17, 15) is 14.5 Å². The average molecular weight is 578 g/mol. The van der Waals surface area contributed by atoms with Crippen LogP contribution in [0.15, 0.2) is 76.4 Å². The maximum atomic E-state index is 13.6. The molecular formula is C24H19BrClFN4O3S. The smallest absolute Gasteiger partial charge is 0.220 e. The monoisotopic (exact) mass is 576 g/mol. The van der Waals surface area contributed by atoms with Gasteiger partial charge >= 0.3 is 0 Å². The van der Waals surface area contributed by atoms with Gasteiger partial charge in [0.1, 0.15) is 29.2 Å². The summed E-state index contributed by atoms with van der Waals surface area (Å²) in [5.74, 6) is 0.735. The van der Waals surface area contributed by atoms with Crippen molar-refractivity contribution in [3.05, 3.63) is 109 Å². The van der Waals surface area contributed by atoms with Gasteiger partial charge in [0.15, 0.2) is 5.16 Å². The normalized spacial score (nSPS) is 11.9. The van der Waals surface area contributed by atoms with Crippen LogP contribution in [0.3, 0.4) is 0 Å². The maximum Gasteiger partial charge on any atom is 0.220 e. The largest absolute Gasteiger partial charge is 0.489 e. The topological polar surface area (TPSA) is 83.1 Å². The van der Waals surface area contributed by atoms with E-state index in [4.69, 9.17) is 16.3 Å². The molecule has 0 aliphatic carbocycles. The highest BCUT2D eigenvalue weighted by Gasteiger charge is 2.27. The van der Waals surface area contributed by atoms with Gasteiger partial charge in [-0.3, -0.25) is 14.7 Å². The first-order valence-electron chi connectivity index (χ1n) is 10.4. The van der Waals surface area contributed by atoms with E-state index < -0.39 is 5.25 Å². The summed E-state index contributed by atoms with van der Waals surface area (Å²) >= 11 is 10.7. The number of halogens is 3. The fourth-order valence-electron chi connectivity index (χ4n) is 3.46. The van der Waals surface area contributed by atoms with Crippen molar-refractivity contribution >= 4 is 39.3 Å². The van der Waals surface area contributed by atoms with Crippen LogP contribution in [0, 0.1) is 22.9 Å². The molecule has 0 N–H and O–H groups in total. The number of hydrogen-bond acceptors (Lipinski definition) is 6. The molecule has 1 aromatic heterocycles. The van der Waals surface area contributed by atoms with Gasteiger partial charge in [-0.05, 0) is 67.1 Å². The summed E-state index contributed by atoms with van der Waals surface area (Å²) in [6.07, 6.45) is 0. The molecule has 0 bridgehead atoms. The predicted molar refractivity (Wildman–Crippen MR) is 136 cm³/mol. The molecular weight excluding hydrogens is 559 g/mol. The molecule has 180 valence electrons. The fourth-order valence-corrected chi connectivity index (χ4v) is 5.16. The molecule has 1 atom stereocenters. The summed E-state index contributed by atoms with van der Waals surface area (Å²) in [7, 11) is 0. The molecule has 0 unspecified atom stereocenters. The molecule has 0 fully saturated rings. The molecule has 0 amide bonds. The van der Waals surface area contributed by atoms with Gasteiger partial charge in [-0.1, -0.05) is 51.4 Å². The number of nitro groups is 1. The third-order valence-electron chi connectivity index (χ3n) is 5.04. The highest BCUT2D eigenvalue weighted by atomic mass is 79.9. The van der Waals surface area contributed by atoms with Crippen LogP contribution in [0.25, 0.3) is 5.69 Å². The van der Waals surface area contributed by atoms with Gasteiger partial charge in [0.25, 0.3) is 0 Å². The van der Waals surface area contributed by atoms with Gasteiger partial charge < -0.3 is 4.74 Å². The van der Waals surface area contributed by atoms with E-state index in [1.54, 1.807) is 49.4 Å². The first kappa shape index (κ1) is 25.2. The molecule has 0 aliphatic rings. The number of ether oxygens (including phenoxy) is 1. The summed E-state index contributed by atoms with van der Waals surface area (Å²) in [6.45, 7) is 1.55. The van der Waals surface area contributed by atoms with Gasteiger partial charge in [-0.2, -0.15) is 0 Å². The molecule has 0 radical (unpaired) electrons. The lowest BCUT2D eigenvalue weighted by atomic mass is 10.1. The molecule has 0 aliphatic heterocycles. The predicted octanol–water partition coefficient (Wildman–Crippen LogP) is 6.82. The van der Waals surface area contributed by atoms with Crippen molar-refractivity contribution in [1.29, 1.82) is 0 Å². The Labute approximate surface area is 218 Å². The Morgan fingerprint density at radius 1 is 1.17 bits per heavy atom. The van der Waals surface area contributed by atoms with Crippen molar-refractivity contribution in [2.45, 2.75) is 23.9 Å². The fraction of sp³-hybridized carbons (Fsp3) is 0.167. The minimum atomic E-state index is -0.639. The minimum absolute atomic E-state index is 0.113. The number of thioether (sulfide) groups is 1. The molecule has 7 nitrogen and oxygen atoms in total. The Morgan fingerprint density at radius 2 is 1.94 bits per heavy atom. The summed E-state index contributed by atoms with van der Waals surface area (Å²) in [6, 6.07) is 18.6. The van der Waals surface area contributed by atoms with E-state index in [2.05, 4.69) is 26.1 Å². The van der Waals surface area contributed by atoms with E-state index in [0.717, 1.165) is 10.2 Å². The van der Waals surface area contributed by atoms with Crippen LogP contribution in [0.1, 0.15) is 22.2 Å². The van der Waals surface area contributed by atoms with E-state index in [0.29, 0.717) is 32.9 Å². The SMILES string of the molecule is Cc1nnc(S[C@H](C[N+](=O)[O-])c2cc(Br)ccc2OCc2cccc(F)c2)n1-c1ccc(Cl)cc1. The summed E-state index contributed by atoms with van der Waals surface area (Å²) in [4.78, 5) is 11.3. The number of aryl methyl sites for hydroxylation is 1. The van der Waals surface area contributed by atoms with Crippen LogP contribution in [0.2, 0.25) is 5.02 Å². The van der Waals surface area contributed by atoms with E-state index in [-0.39, 0.29) is 23.9 Å². The zero-order chi connectivity index (χ0) is 24.9. The molecule has 1 heterocycles. The van der Waals surface area contributed by atoms with Crippen molar-refractivity contribution < 1.29 is 14.1 Å². The number of hydrogen-bond donors (Lipinski definition) is 0. The highest BCUT2D eigenvalue weighted by Crippen LogP contribution is 2.41. The second-order valence-corrected chi connectivity index (χ2v) is 10.1. The number of nitrogens with zero attached hydrogens (tertiary/aromatic N) is 4. The molecule has 0 saturated heterocycles. The number of rotatable bonds is 9. The van der Waals surface area contributed by atoms with Crippen LogP contribution >= 0.6 is 39.3 Å². The minimum Gasteiger partial charge on any atom is -0.489 e. The van der Waals surface area contributed by atoms with E-state index in [1.807, 2.05) is 16.7 Å². The van der Waals surface area contributed by atoms with Gasteiger partial charge in [-0.15, -0.1) is 10.2 Å². The Kier molecular flexibility index (Phi) is 8.04. The Bertz CT molecular complexity index is 1350. The van der Waals surface area contributed by atoms with Crippen molar-refractivity contribution in [3.63, 3.8) is 0 Å². The Morgan fingerprint density at radius 3 is 2.66 bits per heavy atom. The van der Waals surface area contributed by atoms with E-state index >= 15 is 0 Å². The van der Waals surface area contributed by atoms with Crippen molar-refractivity contribution in [2.75, 3.05) is 6.54 Å². The molecule has 4 aromatic rings. The van der Waals surface area contributed by atoms with Crippen LogP contribution < -0.4 is 4.74 Å². The van der Waals surface area contributed by atoms with Crippen LogP contribution in [0.4, 0.5) is 4.39 Å². The number of benzene rings is 3. The van der Waals surface area contributed by atoms with Crippen molar-refractivity contribution in [3.8, 4) is 11.4 Å². The van der Waals surface area contributed by atoms with Gasteiger partial charge in [0, 0.05) is 25.7 Å². The van der Waals surface area contributed by atoms with Crippen LogP contribution in [-0.4, -0.2) is 26.2 Å². The lowest BCUT2D eigenvalue weighted by Crippen LogP contribution is -2.12. The molecule has 11 heteroatoms. The van der Waals surface area contributed by atoms with E-state index in [1.165, 1.54) is 23.9 Å². The standard InChI is InChI=1S/C24H19BrClFN4O3S/c1-15-28-29-24(31(15)20-8-6-18(26)7-9-20)35-23(13-30(32)33)21-12-17(25)5-10-22(21)34-14-16-3-2-4-19(27)11-16/h2-12,23H,13-14H2,1H3/t23-/m1/s1. The first-order chi connectivity index (χ1) is 16.8. The molecule has 0 saturated carbocycles. The first-order valence-corrected chi connectivity index (χ1v) is 12.5. The second-order valence-electron chi connectivity index (χ2n) is 7.56. The highest BCUT2D eigenvalue weighted by molar-refractivity contribution is 9.10. The van der Waals surface area contributed by atoms with Crippen molar-refractivity contribution in [1.82, 2.24) is 14.8 Å². The summed E-state index contributed by atoms with van der Waals surface area (Å²) in [5.41, 5.74) is 2.05. The second kappa shape index (κ2) is 11.2. The third kappa shape index (κ3) is 6.39. The van der Waals surface area contributed by atoms with Gasteiger partial charge in [0.2, 0.25) is 6.54 Å². The lowest BCUT2D eigenvalue weighted by Gasteiger charge is -2.18. The zero-order valence-corrected chi connectivity index (χ0v) is 21.6. The summed E-state index contributed by atoms with van der Waals surface area (Å²) in [5, 5.41) is 20.5. The third-order valence-corrected chi connectivity index (χ3v) is 6.95. The molecule has 0 spiro atoms. The Hall–Kier alpha value is -2.95. The van der Waals surface area contributed by atoms with Crippen LogP contribution in [0.5, 0.6) is 5.75 Å². The van der Waals surface area contributed by atoms with Crippen molar-refractivity contribution in [2.24, 2.45) is 0 Å². The molecule has 3 aromatic carbocycles. The number of aromatic nitrogens is 3. The molecule has 4 rings (SSSR count).